The van der Waals surface area contributed by atoms with Gasteiger partial charge in [0.2, 0.25) is 5.91 Å². The third-order valence-corrected chi connectivity index (χ3v) is 6.17. The highest BCUT2D eigenvalue weighted by atomic mass is 35.5. The number of imide groups is 1. The van der Waals surface area contributed by atoms with E-state index in [9.17, 15) is 14.4 Å². The standard InChI is InChI=1S/C26H24ClN3O3/c1-17-11-12-21(13-18(17)2)26(20-8-4-3-5-9-20)24(32)30(25(33)29-26)16-23(31)28-15-19-7-6-10-22(27)14-19/h3-14H,15-16H2,1-2H3,(H,28,31)(H,29,33). The monoisotopic (exact) mass is 461 g/mol. The maximum absolute atomic E-state index is 13.7. The lowest BCUT2D eigenvalue weighted by Crippen LogP contribution is -2.46. The Bertz CT molecular complexity index is 1230. The molecule has 168 valence electrons. The maximum atomic E-state index is 13.7. The molecule has 1 atom stereocenters. The Kier molecular flexibility index (Phi) is 6.20. The minimum absolute atomic E-state index is 0.240. The zero-order valence-electron chi connectivity index (χ0n) is 18.4. The topological polar surface area (TPSA) is 78.5 Å². The van der Waals surface area contributed by atoms with E-state index in [4.69, 9.17) is 11.6 Å². The van der Waals surface area contributed by atoms with Crippen molar-refractivity contribution < 1.29 is 14.4 Å². The van der Waals surface area contributed by atoms with E-state index in [1.807, 2.05) is 56.3 Å². The van der Waals surface area contributed by atoms with Gasteiger partial charge in [-0.3, -0.25) is 14.5 Å². The highest BCUT2D eigenvalue weighted by molar-refractivity contribution is 6.30. The molecule has 0 saturated carbocycles. The largest absolute Gasteiger partial charge is 0.350 e. The van der Waals surface area contributed by atoms with Crippen LogP contribution in [-0.4, -0.2) is 29.3 Å². The molecular formula is C26H24ClN3O3. The molecule has 1 aliphatic rings. The van der Waals surface area contributed by atoms with Gasteiger partial charge in [0, 0.05) is 11.6 Å². The van der Waals surface area contributed by atoms with Crippen LogP contribution in [-0.2, 0) is 21.7 Å². The number of aryl methyl sites for hydroxylation is 2. The molecule has 6 nitrogen and oxygen atoms in total. The maximum Gasteiger partial charge on any atom is 0.326 e. The van der Waals surface area contributed by atoms with E-state index in [1.165, 1.54) is 0 Å². The molecule has 0 radical (unpaired) electrons. The van der Waals surface area contributed by atoms with E-state index in [1.54, 1.807) is 30.3 Å². The Morgan fingerprint density at radius 2 is 1.70 bits per heavy atom. The van der Waals surface area contributed by atoms with Crippen LogP contribution in [0.3, 0.4) is 0 Å². The molecule has 0 spiro atoms. The summed E-state index contributed by atoms with van der Waals surface area (Å²) in [5.41, 5.74) is 2.79. The van der Waals surface area contributed by atoms with Crippen molar-refractivity contribution in [3.05, 3.63) is 106 Å². The number of carbonyl (C=O) groups excluding carboxylic acids is 3. The van der Waals surface area contributed by atoms with Crippen LogP contribution in [0.15, 0.2) is 72.8 Å². The van der Waals surface area contributed by atoms with E-state index >= 15 is 0 Å². The molecule has 1 unspecified atom stereocenters. The predicted octanol–water partition coefficient (Wildman–Crippen LogP) is 4.07. The minimum Gasteiger partial charge on any atom is -0.350 e. The number of amides is 4. The summed E-state index contributed by atoms with van der Waals surface area (Å²) in [5.74, 6) is -0.928. The van der Waals surface area contributed by atoms with Crippen LogP contribution < -0.4 is 10.6 Å². The molecule has 3 aromatic carbocycles. The van der Waals surface area contributed by atoms with Crippen molar-refractivity contribution in [2.45, 2.75) is 25.9 Å². The predicted molar refractivity (Wildman–Crippen MR) is 127 cm³/mol. The van der Waals surface area contributed by atoms with Gasteiger partial charge in [-0.1, -0.05) is 72.3 Å². The number of hydrogen-bond acceptors (Lipinski definition) is 3. The number of halogens is 1. The molecule has 4 rings (SSSR count). The lowest BCUT2D eigenvalue weighted by molar-refractivity contribution is -0.134. The molecule has 0 aromatic heterocycles. The first-order chi connectivity index (χ1) is 15.8. The van der Waals surface area contributed by atoms with Gasteiger partial charge < -0.3 is 10.6 Å². The lowest BCUT2D eigenvalue weighted by Gasteiger charge is -2.28. The first-order valence-electron chi connectivity index (χ1n) is 10.6. The summed E-state index contributed by atoms with van der Waals surface area (Å²) in [5, 5.41) is 6.19. The molecule has 1 heterocycles. The smallest absolute Gasteiger partial charge is 0.326 e. The minimum atomic E-state index is -1.40. The highest BCUT2D eigenvalue weighted by Gasteiger charge is 2.54. The molecule has 3 aromatic rings. The van der Waals surface area contributed by atoms with Gasteiger partial charge in [-0.15, -0.1) is 0 Å². The van der Waals surface area contributed by atoms with Gasteiger partial charge in [-0.25, -0.2) is 4.79 Å². The van der Waals surface area contributed by atoms with Crippen LogP contribution >= 0.6 is 11.6 Å². The average molecular weight is 462 g/mol. The molecule has 1 aliphatic heterocycles. The number of carbonyl (C=O) groups is 3. The van der Waals surface area contributed by atoms with E-state index < -0.39 is 23.4 Å². The summed E-state index contributed by atoms with van der Waals surface area (Å²) in [6, 6.07) is 21.3. The van der Waals surface area contributed by atoms with Gasteiger partial charge in [0.25, 0.3) is 5.91 Å². The fourth-order valence-corrected chi connectivity index (χ4v) is 4.20. The van der Waals surface area contributed by atoms with Crippen LogP contribution in [0.4, 0.5) is 4.79 Å². The molecular weight excluding hydrogens is 438 g/mol. The van der Waals surface area contributed by atoms with E-state index in [0.717, 1.165) is 21.6 Å². The summed E-state index contributed by atoms with van der Waals surface area (Å²) in [6.45, 7) is 3.80. The molecule has 7 heteroatoms. The quantitative estimate of drug-likeness (QED) is 0.543. The van der Waals surface area contributed by atoms with Crippen molar-refractivity contribution >= 4 is 29.4 Å². The van der Waals surface area contributed by atoms with Gasteiger partial charge in [-0.05, 0) is 53.8 Å². The molecule has 2 N–H and O–H groups in total. The number of benzene rings is 3. The Morgan fingerprint density at radius 3 is 2.39 bits per heavy atom. The fraction of sp³-hybridized carbons (Fsp3) is 0.192. The van der Waals surface area contributed by atoms with Gasteiger partial charge >= 0.3 is 6.03 Å². The van der Waals surface area contributed by atoms with Crippen molar-refractivity contribution in [1.82, 2.24) is 15.5 Å². The van der Waals surface area contributed by atoms with Gasteiger partial charge in [0.15, 0.2) is 5.54 Å². The van der Waals surface area contributed by atoms with E-state index in [-0.39, 0.29) is 13.1 Å². The third-order valence-electron chi connectivity index (χ3n) is 5.93. The van der Waals surface area contributed by atoms with Crippen LogP contribution in [0.2, 0.25) is 5.02 Å². The summed E-state index contributed by atoms with van der Waals surface area (Å²) >= 11 is 5.99. The zero-order valence-corrected chi connectivity index (χ0v) is 19.1. The SMILES string of the molecule is Cc1ccc(C2(c3ccccc3)NC(=O)N(CC(=O)NCc3cccc(Cl)c3)C2=O)cc1C. The fourth-order valence-electron chi connectivity index (χ4n) is 3.99. The first-order valence-corrected chi connectivity index (χ1v) is 11.0. The molecule has 1 saturated heterocycles. The van der Waals surface area contributed by atoms with Crippen molar-refractivity contribution in [3.8, 4) is 0 Å². The third kappa shape index (κ3) is 4.34. The Morgan fingerprint density at radius 1 is 0.939 bits per heavy atom. The van der Waals surface area contributed by atoms with Crippen LogP contribution in [0.5, 0.6) is 0 Å². The second-order valence-electron chi connectivity index (χ2n) is 8.14. The molecule has 4 amide bonds. The summed E-state index contributed by atoms with van der Waals surface area (Å²) in [7, 11) is 0. The Hall–Kier alpha value is -3.64. The molecule has 0 aliphatic carbocycles. The Balaban J connectivity index is 1.61. The highest BCUT2D eigenvalue weighted by Crippen LogP contribution is 2.36. The van der Waals surface area contributed by atoms with E-state index in [2.05, 4.69) is 10.6 Å². The second kappa shape index (κ2) is 9.08. The number of nitrogens with one attached hydrogen (secondary N) is 2. The number of nitrogens with zero attached hydrogens (tertiary/aromatic N) is 1. The lowest BCUT2D eigenvalue weighted by atomic mass is 9.81. The van der Waals surface area contributed by atoms with Crippen LogP contribution in [0.25, 0.3) is 0 Å². The van der Waals surface area contributed by atoms with Gasteiger partial charge in [0.05, 0.1) is 0 Å². The second-order valence-corrected chi connectivity index (χ2v) is 8.58. The normalized spacial score (nSPS) is 17.7. The number of rotatable bonds is 6. The Labute approximate surface area is 197 Å². The molecule has 33 heavy (non-hydrogen) atoms. The van der Waals surface area contributed by atoms with Crippen molar-refractivity contribution in [1.29, 1.82) is 0 Å². The van der Waals surface area contributed by atoms with Crippen molar-refractivity contribution in [2.75, 3.05) is 6.54 Å². The van der Waals surface area contributed by atoms with Crippen LogP contribution in [0.1, 0.15) is 27.8 Å². The first kappa shape index (κ1) is 22.6. The summed E-state index contributed by atoms with van der Waals surface area (Å²) in [6.07, 6.45) is 0. The molecule has 0 bridgehead atoms. The number of hydrogen-bond donors (Lipinski definition) is 2. The van der Waals surface area contributed by atoms with Crippen LogP contribution in [0, 0.1) is 13.8 Å². The number of urea groups is 1. The van der Waals surface area contributed by atoms with Gasteiger partial charge in [-0.2, -0.15) is 0 Å². The average Bonchev–Trinajstić information content (AvgIpc) is 3.06. The summed E-state index contributed by atoms with van der Waals surface area (Å²) in [4.78, 5) is 40.3. The van der Waals surface area contributed by atoms with Crippen molar-refractivity contribution in [2.24, 2.45) is 0 Å². The summed E-state index contributed by atoms with van der Waals surface area (Å²) < 4.78 is 0. The van der Waals surface area contributed by atoms with Crippen molar-refractivity contribution in [3.63, 3.8) is 0 Å². The zero-order chi connectivity index (χ0) is 23.6. The van der Waals surface area contributed by atoms with Gasteiger partial charge in [0.1, 0.15) is 6.54 Å². The molecule has 1 fully saturated rings. The van der Waals surface area contributed by atoms with E-state index in [0.29, 0.717) is 16.1 Å².